The molecule has 6 heteroatoms. The lowest BCUT2D eigenvalue weighted by molar-refractivity contribution is 0.0697. The van der Waals surface area contributed by atoms with Crippen molar-refractivity contribution in [1.82, 2.24) is 5.32 Å². The maximum atomic E-state index is 11.4. The molecule has 3 aromatic carbocycles. The van der Waals surface area contributed by atoms with Crippen LogP contribution < -0.4 is 10.6 Å². The summed E-state index contributed by atoms with van der Waals surface area (Å²) in [5.41, 5.74) is -1.61. The second kappa shape index (κ2) is 10.1. The molecule has 0 aliphatic carbocycles. The van der Waals surface area contributed by atoms with Crippen molar-refractivity contribution in [3.63, 3.8) is 0 Å². The summed E-state index contributed by atoms with van der Waals surface area (Å²) < 4.78 is 90.7. The monoisotopic (exact) mass is 421 g/mol. The van der Waals surface area contributed by atoms with E-state index in [-0.39, 0.29) is 27.3 Å². The van der Waals surface area contributed by atoms with Gasteiger partial charge >= 0.3 is 5.97 Å². The number of carbonyl (C=O) groups is 1. The van der Waals surface area contributed by atoms with Crippen molar-refractivity contribution in [2.24, 2.45) is 0 Å². The van der Waals surface area contributed by atoms with Gasteiger partial charge in [0, 0.05) is 35.7 Å². The number of carboxylic acids is 1. The van der Waals surface area contributed by atoms with Crippen LogP contribution in [0.5, 0.6) is 0 Å². The van der Waals surface area contributed by atoms with Gasteiger partial charge in [0.2, 0.25) is 0 Å². The summed E-state index contributed by atoms with van der Waals surface area (Å²) in [6, 6.07) is 7.07. The maximum absolute atomic E-state index is 11.4. The van der Waals surface area contributed by atoms with Gasteiger partial charge in [0.05, 0.1) is 21.2 Å². The molecular formula is C23H23ClN2O3. The second-order valence-electron chi connectivity index (χ2n) is 5.62. The highest BCUT2D eigenvalue weighted by atomic mass is 35.5. The Morgan fingerprint density at radius 2 is 2.00 bits per heavy atom. The normalized spacial score (nSPS) is 19.9. The number of hydrogen-bond acceptors (Lipinski definition) is 4. The quantitative estimate of drug-likeness (QED) is 0.410. The van der Waals surface area contributed by atoms with Gasteiger partial charge in [-0.1, -0.05) is 48.0 Å². The van der Waals surface area contributed by atoms with E-state index in [0.29, 0.717) is 0 Å². The lowest BCUT2D eigenvalue weighted by Gasteiger charge is -2.13. The Kier molecular flexibility index (Phi) is 3.75. The Bertz CT molecular complexity index is 1470. The van der Waals surface area contributed by atoms with Crippen LogP contribution in [0.25, 0.3) is 11.1 Å². The molecule has 0 saturated carbocycles. The lowest BCUT2D eigenvalue weighted by Crippen LogP contribution is -2.26. The van der Waals surface area contributed by atoms with E-state index in [4.69, 9.17) is 26.7 Å². The average Bonchev–Trinajstić information content (AvgIpc) is 2.85. The number of aliphatic hydroxyl groups is 1. The number of rotatable bonds is 9. The molecule has 0 aliphatic rings. The molecule has 4 N–H and O–H groups in total. The summed E-state index contributed by atoms with van der Waals surface area (Å²) in [5, 5.41) is 23.7. The average molecular weight is 422 g/mol. The van der Waals surface area contributed by atoms with Gasteiger partial charge in [-0.2, -0.15) is 0 Å². The lowest BCUT2D eigenvalue weighted by atomic mass is 10.0. The molecule has 0 aromatic heterocycles. The van der Waals surface area contributed by atoms with E-state index in [2.05, 4.69) is 0 Å². The van der Waals surface area contributed by atoms with E-state index in [1.807, 2.05) is 5.32 Å². The maximum Gasteiger partial charge on any atom is 0.335 e. The standard InChI is InChI=1S/C23H23ClN2O3/c24-20-8-2-6-18(13-20)22(27)15-25-10-11-26-21-9-3-5-17(14-21)16-4-1-7-19(12-16)23(28)29/h1-9,12-14,22,25-27H,10-11,15H2,(H,28,29)/t22-/m0/s1/i3D,5D,9D,10D2,11D2,14D,15D2,22D. The highest BCUT2D eigenvalue weighted by Gasteiger charge is 2.07. The molecule has 0 heterocycles. The SMILES string of the molecule is [2H]c1c([2H])c(NC([2H])([2H])C([2H])([2H])NC([2H])([2H])[C@]([2H])(O)c2cccc(Cl)c2)c([2H])c(-c2cccc(C(=O)O)c2)c1[2H]. The van der Waals surface area contributed by atoms with Crippen LogP contribution in [0.4, 0.5) is 5.69 Å². The van der Waals surface area contributed by atoms with Crippen molar-refractivity contribution < 1.29 is 30.1 Å². The molecule has 0 aliphatic heterocycles. The number of halogens is 1. The molecule has 0 amide bonds. The van der Waals surface area contributed by atoms with Crippen LogP contribution in [0.1, 0.15) is 37.1 Å². The minimum absolute atomic E-state index is 0.00488. The van der Waals surface area contributed by atoms with Crippen molar-refractivity contribution in [3.8, 4) is 11.1 Å². The number of benzene rings is 3. The zero-order valence-corrected chi connectivity index (χ0v) is 15.6. The molecule has 0 bridgehead atoms. The summed E-state index contributed by atoms with van der Waals surface area (Å²) in [5.74, 6) is -1.31. The molecule has 0 unspecified atom stereocenters. The third-order valence-electron chi connectivity index (χ3n) is 3.61. The Morgan fingerprint density at radius 3 is 2.79 bits per heavy atom. The fourth-order valence-corrected chi connectivity index (χ4v) is 2.47. The van der Waals surface area contributed by atoms with Gasteiger partial charge < -0.3 is 20.8 Å². The third kappa shape index (κ3) is 6.06. The summed E-state index contributed by atoms with van der Waals surface area (Å²) in [6.07, 6.45) is -3.16. The number of anilines is 1. The van der Waals surface area contributed by atoms with E-state index in [1.165, 1.54) is 36.4 Å². The molecule has 0 saturated heterocycles. The smallest absolute Gasteiger partial charge is 0.335 e. The highest BCUT2D eigenvalue weighted by Crippen LogP contribution is 2.23. The fourth-order valence-electron chi connectivity index (χ4n) is 2.28. The minimum Gasteiger partial charge on any atom is -0.478 e. The first-order valence-electron chi connectivity index (χ1n) is 13.7. The minimum atomic E-state index is -3.44. The van der Waals surface area contributed by atoms with Crippen molar-refractivity contribution in [1.29, 1.82) is 0 Å². The van der Waals surface area contributed by atoms with E-state index >= 15 is 0 Å². The van der Waals surface area contributed by atoms with Gasteiger partial charge in [-0.25, -0.2) is 4.79 Å². The molecule has 0 fully saturated rings. The first-order chi connectivity index (χ1) is 18.2. The molecule has 29 heavy (non-hydrogen) atoms. The Balaban J connectivity index is 2.05. The highest BCUT2D eigenvalue weighted by molar-refractivity contribution is 6.30. The Hall–Kier alpha value is -2.86. The zero-order valence-electron chi connectivity index (χ0n) is 25.8. The molecule has 150 valence electrons. The molecule has 0 spiro atoms. The molecule has 5 nitrogen and oxygen atoms in total. The van der Waals surface area contributed by atoms with Gasteiger partial charge in [0.1, 0.15) is 0 Å². The van der Waals surface area contributed by atoms with Crippen LogP contribution in [0.15, 0.2) is 72.7 Å². The van der Waals surface area contributed by atoms with Crippen molar-refractivity contribution in [2.45, 2.75) is 6.08 Å². The zero-order chi connectivity index (χ0) is 30.4. The van der Waals surface area contributed by atoms with Crippen molar-refractivity contribution >= 4 is 23.3 Å². The molecule has 3 aromatic rings. The number of hydrogen-bond donors (Lipinski definition) is 4. The second-order valence-corrected chi connectivity index (χ2v) is 6.06. The van der Waals surface area contributed by atoms with Gasteiger partial charge in [-0.15, -0.1) is 0 Å². The molecular weight excluding hydrogens is 388 g/mol. The van der Waals surface area contributed by atoms with Crippen LogP contribution in [-0.4, -0.2) is 35.7 Å². The van der Waals surface area contributed by atoms with Crippen LogP contribution >= 0.6 is 11.6 Å². The van der Waals surface area contributed by atoms with E-state index < -0.39 is 61.4 Å². The summed E-state index contributed by atoms with van der Waals surface area (Å²) >= 11 is 5.86. The molecule has 3 rings (SSSR count). The first kappa shape index (κ1) is 10.8. The van der Waals surface area contributed by atoms with Crippen LogP contribution in [0, 0.1) is 0 Å². The summed E-state index contributed by atoms with van der Waals surface area (Å²) in [6.45, 7) is -10.1. The summed E-state index contributed by atoms with van der Waals surface area (Å²) in [7, 11) is 0. The Labute approximate surface area is 190 Å². The van der Waals surface area contributed by atoms with Crippen LogP contribution in [0.3, 0.4) is 0 Å². The number of nitrogens with one attached hydrogen (secondary N) is 2. The molecule has 1 atom stereocenters. The molecule has 0 radical (unpaired) electrons. The number of aromatic carboxylic acids is 1. The van der Waals surface area contributed by atoms with E-state index in [1.54, 1.807) is 5.32 Å². The predicted octanol–water partition coefficient (Wildman–Crippen LogP) is 4.44. The van der Waals surface area contributed by atoms with E-state index in [9.17, 15) is 15.0 Å². The van der Waals surface area contributed by atoms with Gasteiger partial charge in [-0.05, 0) is 53.0 Å². The largest absolute Gasteiger partial charge is 0.478 e. The van der Waals surface area contributed by atoms with Crippen molar-refractivity contribution in [2.75, 3.05) is 24.8 Å². The van der Waals surface area contributed by atoms with Crippen LogP contribution in [-0.2, 0) is 0 Å². The summed E-state index contributed by atoms with van der Waals surface area (Å²) in [4.78, 5) is 11.4. The van der Waals surface area contributed by atoms with Crippen molar-refractivity contribution in [3.05, 3.63) is 88.9 Å². The van der Waals surface area contributed by atoms with Gasteiger partial charge in [0.25, 0.3) is 0 Å². The van der Waals surface area contributed by atoms with E-state index in [0.717, 1.165) is 12.1 Å². The number of carboxylic acid groups (broad SMARTS) is 1. The fraction of sp³-hybridized carbons (Fsp3) is 0.174. The Morgan fingerprint density at radius 1 is 1.17 bits per heavy atom. The topological polar surface area (TPSA) is 81.6 Å². The first-order valence-corrected chi connectivity index (χ1v) is 8.61. The predicted molar refractivity (Wildman–Crippen MR) is 117 cm³/mol. The third-order valence-corrected chi connectivity index (χ3v) is 3.85. The van der Waals surface area contributed by atoms with Gasteiger partial charge in [0.15, 0.2) is 0 Å². The van der Waals surface area contributed by atoms with Crippen LogP contribution in [0.2, 0.25) is 5.02 Å². The van der Waals surface area contributed by atoms with Gasteiger partial charge in [-0.3, -0.25) is 0 Å².